The van der Waals surface area contributed by atoms with Crippen LogP contribution in [0.2, 0.25) is 0 Å². The number of aliphatic hydroxyl groups is 1. The highest BCUT2D eigenvalue weighted by Gasteiger charge is 2.18. The minimum Gasteiger partial charge on any atom is -0.395 e. The number of para-hydroxylation sites is 1. The van der Waals surface area contributed by atoms with Crippen molar-refractivity contribution in [2.24, 2.45) is 0 Å². The van der Waals surface area contributed by atoms with Crippen LogP contribution in [0.15, 0.2) is 54.7 Å². The summed E-state index contributed by atoms with van der Waals surface area (Å²) >= 11 is 0. The van der Waals surface area contributed by atoms with Crippen LogP contribution in [0, 0.1) is 6.92 Å². The van der Waals surface area contributed by atoms with E-state index in [4.69, 9.17) is 10.1 Å². The zero-order valence-electron chi connectivity index (χ0n) is 21.0. The highest BCUT2D eigenvalue weighted by Crippen LogP contribution is 2.27. The number of carbonyl (C=O) groups is 2. The van der Waals surface area contributed by atoms with E-state index in [1.165, 1.54) is 0 Å². The maximum atomic E-state index is 12.6. The van der Waals surface area contributed by atoms with Gasteiger partial charge in [0.05, 0.1) is 35.5 Å². The van der Waals surface area contributed by atoms with Crippen LogP contribution in [-0.4, -0.2) is 65.6 Å². The van der Waals surface area contributed by atoms with Crippen molar-refractivity contribution in [1.29, 1.82) is 0 Å². The van der Waals surface area contributed by atoms with Gasteiger partial charge in [0.2, 0.25) is 17.4 Å². The van der Waals surface area contributed by atoms with Crippen molar-refractivity contribution >= 4 is 51.7 Å². The molecule has 7 N–H and O–H groups in total. The Morgan fingerprint density at radius 1 is 1.08 bits per heavy atom. The first-order chi connectivity index (χ1) is 17.8. The van der Waals surface area contributed by atoms with Gasteiger partial charge in [0, 0.05) is 18.4 Å². The van der Waals surface area contributed by atoms with Gasteiger partial charge < -0.3 is 26.0 Å². The molecular weight excluding hydrogens is 472 g/mol. The zero-order chi connectivity index (χ0) is 26.4. The quantitative estimate of drug-likeness (QED) is 0.195. The number of nitrogens with one attached hydrogen (secondary N) is 6. The molecule has 0 unspecified atom stereocenters. The van der Waals surface area contributed by atoms with Crippen molar-refractivity contribution in [2.45, 2.75) is 6.92 Å². The molecule has 2 aromatic heterocycles. The van der Waals surface area contributed by atoms with Crippen LogP contribution in [-0.2, 0) is 4.79 Å². The summed E-state index contributed by atoms with van der Waals surface area (Å²) in [7, 11) is 3.68. The van der Waals surface area contributed by atoms with Gasteiger partial charge in [-0.3, -0.25) is 19.9 Å². The SMILES string of the molecule is Cc1ccc(NC(=O)CN(C)C)cc1Nc1nc(Nc2ccccc2C(=O)NCCO)c2cc[nH]c2[nH+]1. The lowest BCUT2D eigenvalue weighted by Gasteiger charge is -2.13. The molecule has 0 saturated heterocycles. The van der Waals surface area contributed by atoms with Crippen molar-refractivity contribution in [2.75, 3.05) is 49.7 Å². The number of fused-ring (bicyclic) bond motifs is 1. The van der Waals surface area contributed by atoms with Gasteiger partial charge in [0.15, 0.2) is 0 Å². The lowest BCUT2D eigenvalue weighted by atomic mass is 10.1. The van der Waals surface area contributed by atoms with E-state index < -0.39 is 0 Å². The van der Waals surface area contributed by atoms with Crippen molar-refractivity contribution in [1.82, 2.24) is 20.2 Å². The summed E-state index contributed by atoms with van der Waals surface area (Å²) in [6.45, 7) is 2.26. The Bertz CT molecular complexity index is 1420. The maximum absolute atomic E-state index is 12.6. The number of likely N-dealkylation sites (N-methyl/N-ethyl adjacent to an activating group) is 1. The van der Waals surface area contributed by atoms with Crippen LogP contribution in [0.4, 0.5) is 28.8 Å². The number of aryl methyl sites for hydroxylation is 1. The highest BCUT2D eigenvalue weighted by atomic mass is 16.3. The number of H-pyrrole nitrogens is 2. The third-order valence-corrected chi connectivity index (χ3v) is 5.53. The topological polar surface area (TPSA) is 149 Å². The standard InChI is InChI=1S/C26H30N8O3/c1-16-8-9-17(29-22(36)15-34(2)3)14-21(16)31-26-32-23-19(10-11-27-23)24(33-26)30-20-7-5-4-6-18(20)25(37)28-12-13-35/h4-11,14,35H,12-13,15H2,1-3H3,(H,28,37)(H,29,36)(H3,27,30,31,32,33)/p+1. The fraction of sp³-hybridized carbons (Fsp3) is 0.231. The predicted molar refractivity (Wildman–Crippen MR) is 143 cm³/mol. The molecule has 0 fully saturated rings. The Labute approximate surface area is 214 Å². The van der Waals surface area contributed by atoms with Crippen molar-refractivity contribution in [3.05, 3.63) is 65.9 Å². The summed E-state index contributed by atoms with van der Waals surface area (Å²) in [5, 5.41) is 22.0. The molecule has 11 heteroatoms. The first kappa shape index (κ1) is 25.6. The van der Waals surface area contributed by atoms with E-state index in [2.05, 4.69) is 31.2 Å². The number of rotatable bonds is 10. The third kappa shape index (κ3) is 6.40. The molecule has 0 spiro atoms. The molecule has 2 aromatic carbocycles. The summed E-state index contributed by atoms with van der Waals surface area (Å²) < 4.78 is 0. The molecule has 0 saturated carbocycles. The molecule has 2 amide bonds. The monoisotopic (exact) mass is 503 g/mol. The van der Waals surface area contributed by atoms with Gasteiger partial charge in [-0.2, -0.15) is 0 Å². The Morgan fingerprint density at radius 2 is 1.89 bits per heavy atom. The molecule has 0 bridgehead atoms. The summed E-state index contributed by atoms with van der Waals surface area (Å²) in [4.78, 5) is 37.7. The molecule has 4 rings (SSSR count). The molecule has 0 atom stereocenters. The molecular formula is C26H31N8O3+. The average Bonchev–Trinajstić information content (AvgIpc) is 3.33. The van der Waals surface area contributed by atoms with Gasteiger partial charge in [-0.05, 0) is 56.9 Å². The molecule has 37 heavy (non-hydrogen) atoms. The molecule has 4 aromatic rings. The van der Waals surface area contributed by atoms with Gasteiger partial charge in [-0.15, -0.1) is 0 Å². The fourth-order valence-corrected chi connectivity index (χ4v) is 3.78. The molecule has 0 aliphatic heterocycles. The van der Waals surface area contributed by atoms with E-state index in [9.17, 15) is 9.59 Å². The number of hydrogen-bond acceptors (Lipinski definition) is 7. The molecule has 192 valence electrons. The highest BCUT2D eigenvalue weighted by molar-refractivity contribution is 6.01. The number of nitrogens with zero attached hydrogens (tertiary/aromatic N) is 2. The molecule has 0 aliphatic carbocycles. The first-order valence-electron chi connectivity index (χ1n) is 11.8. The Kier molecular flexibility index (Phi) is 7.96. The summed E-state index contributed by atoms with van der Waals surface area (Å²) in [6, 6.07) is 14.6. The lowest BCUT2D eigenvalue weighted by Crippen LogP contribution is -2.27. The summed E-state index contributed by atoms with van der Waals surface area (Å²) in [6.07, 6.45) is 1.80. The van der Waals surface area contributed by atoms with E-state index in [-0.39, 0.29) is 31.5 Å². The zero-order valence-corrected chi connectivity index (χ0v) is 21.0. The minimum absolute atomic E-state index is 0.106. The van der Waals surface area contributed by atoms with Crippen LogP contribution >= 0.6 is 0 Å². The predicted octanol–water partition coefficient (Wildman–Crippen LogP) is 2.39. The van der Waals surface area contributed by atoms with E-state index in [0.29, 0.717) is 28.7 Å². The number of benzene rings is 2. The number of amides is 2. The number of carbonyl (C=O) groups excluding carboxylic acids is 2. The summed E-state index contributed by atoms with van der Waals surface area (Å²) in [5.41, 5.74) is 4.14. The first-order valence-corrected chi connectivity index (χ1v) is 11.8. The van der Waals surface area contributed by atoms with E-state index in [1.807, 2.05) is 51.4 Å². The normalized spacial score (nSPS) is 10.9. The van der Waals surface area contributed by atoms with Crippen LogP contribution in [0.3, 0.4) is 0 Å². The van der Waals surface area contributed by atoms with Crippen LogP contribution in [0.5, 0.6) is 0 Å². The van der Waals surface area contributed by atoms with Crippen molar-refractivity contribution in [3.63, 3.8) is 0 Å². The van der Waals surface area contributed by atoms with Gasteiger partial charge in [-0.25, -0.2) is 4.98 Å². The second-order valence-electron chi connectivity index (χ2n) is 8.79. The Balaban J connectivity index is 1.62. The van der Waals surface area contributed by atoms with Gasteiger partial charge in [0.25, 0.3) is 5.91 Å². The van der Waals surface area contributed by atoms with Gasteiger partial charge in [-0.1, -0.05) is 23.2 Å². The molecule has 11 nitrogen and oxygen atoms in total. The molecule has 0 radical (unpaired) electrons. The number of aliphatic hydroxyl groups excluding tert-OH is 1. The fourth-order valence-electron chi connectivity index (χ4n) is 3.78. The number of aromatic amines is 2. The Hall–Kier alpha value is -4.48. The van der Waals surface area contributed by atoms with Crippen LogP contribution in [0.25, 0.3) is 11.0 Å². The van der Waals surface area contributed by atoms with E-state index >= 15 is 0 Å². The van der Waals surface area contributed by atoms with Crippen LogP contribution < -0.4 is 26.3 Å². The third-order valence-electron chi connectivity index (χ3n) is 5.53. The molecule has 2 heterocycles. The number of anilines is 5. The minimum atomic E-state index is -0.299. The molecule has 0 aliphatic rings. The second-order valence-corrected chi connectivity index (χ2v) is 8.79. The maximum Gasteiger partial charge on any atom is 0.351 e. The van der Waals surface area contributed by atoms with Crippen LogP contribution in [0.1, 0.15) is 15.9 Å². The van der Waals surface area contributed by atoms with Gasteiger partial charge in [0.1, 0.15) is 0 Å². The van der Waals surface area contributed by atoms with E-state index in [1.54, 1.807) is 29.3 Å². The second kappa shape index (κ2) is 11.5. The summed E-state index contributed by atoms with van der Waals surface area (Å²) in [5.74, 6) is 0.588. The lowest BCUT2D eigenvalue weighted by molar-refractivity contribution is -0.333. The largest absolute Gasteiger partial charge is 0.395 e. The smallest absolute Gasteiger partial charge is 0.351 e. The average molecular weight is 504 g/mol. The van der Waals surface area contributed by atoms with Crippen molar-refractivity contribution in [3.8, 4) is 0 Å². The number of hydrogen-bond donors (Lipinski definition) is 6. The Morgan fingerprint density at radius 3 is 2.68 bits per heavy atom. The van der Waals surface area contributed by atoms with E-state index in [0.717, 1.165) is 22.3 Å². The van der Waals surface area contributed by atoms with Crippen molar-refractivity contribution < 1.29 is 19.7 Å². The number of aromatic nitrogens is 3. The van der Waals surface area contributed by atoms with Gasteiger partial charge >= 0.3 is 5.95 Å².